The van der Waals surface area contributed by atoms with Gasteiger partial charge in [0.05, 0.1) is 6.26 Å². The molecular weight excluding hydrogens is 292 g/mol. The first-order valence-electron chi connectivity index (χ1n) is 6.25. The maximum atomic E-state index is 10.4. The van der Waals surface area contributed by atoms with Crippen molar-refractivity contribution in [2.75, 3.05) is 0 Å². The van der Waals surface area contributed by atoms with Gasteiger partial charge < -0.3 is 35.4 Å². The minimum absolute atomic E-state index is 0.0565. The van der Waals surface area contributed by atoms with E-state index >= 15 is 0 Å². The lowest BCUT2D eigenvalue weighted by Gasteiger charge is -2.24. The topological polar surface area (TPSA) is 131 Å². The van der Waals surface area contributed by atoms with Crippen LogP contribution in [0, 0.1) is 0 Å². The van der Waals surface area contributed by atoms with Crippen molar-refractivity contribution in [3.05, 3.63) is 41.7 Å². The van der Waals surface area contributed by atoms with E-state index in [0.717, 1.165) is 24.5 Å². The summed E-state index contributed by atoms with van der Waals surface area (Å²) < 4.78 is 5.27. The maximum Gasteiger partial charge on any atom is 0.200 e. The van der Waals surface area contributed by atoms with Gasteiger partial charge in [0.25, 0.3) is 0 Å². The summed E-state index contributed by atoms with van der Waals surface area (Å²) in [5, 5.41) is 58.1. The van der Waals surface area contributed by atoms with E-state index in [4.69, 9.17) is 4.74 Å². The normalized spacial score (nSPS) is 16.6. The van der Waals surface area contributed by atoms with Crippen LogP contribution in [0.5, 0.6) is 34.5 Å². The molecule has 0 saturated carbocycles. The van der Waals surface area contributed by atoms with Gasteiger partial charge in [0.1, 0.15) is 11.9 Å². The second-order valence-electron chi connectivity index (χ2n) is 4.80. The first-order valence-corrected chi connectivity index (χ1v) is 6.25. The third-order valence-corrected chi connectivity index (χ3v) is 3.45. The lowest BCUT2D eigenvalue weighted by Crippen LogP contribution is -2.09. The van der Waals surface area contributed by atoms with Gasteiger partial charge >= 0.3 is 0 Å². The number of rotatable bonds is 1. The minimum atomic E-state index is -1.27. The zero-order chi connectivity index (χ0) is 16.0. The number of ether oxygens (including phenoxy) is 1. The van der Waals surface area contributed by atoms with Gasteiger partial charge in [-0.2, -0.15) is 0 Å². The molecule has 0 radical (unpaired) electrons. The number of benzene rings is 2. The van der Waals surface area contributed by atoms with Crippen molar-refractivity contribution < 1.29 is 35.4 Å². The molecule has 2 aromatic rings. The molecule has 7 nitrogen and oxygen atoms in total. The van der Waals surface area contributed by atoms with E-state index in [0.29, 0.717) is 0 Å². The minimum Gasteiger partial charge on any atom is -0.504 e. The average molecular weight is 304 g/mol. The van der Waals surface area contributed by atoms with Crippen molar-refractivity contribution >= 4 is 5.57 Å². The van der Waals surface area contributed by atoms with E-state index in [1.807, 2.05) is 0 Å². The number of aliphatic hydroxyl groups is 1. The molecule has 1 aliphatic rings. The fourth-order valence-electron chi connectivity index (χ4n) is 2.26. The van der Waals surface area contributed by atoms with E-state index in [9.17, 15) is 30.6 Å². The Morgan fingerprint density at radius 1 is 0.818 bits per heavy atom. The molecule has 1 heterocycles. The molecule has 0 bridgehead atoms. The van der Waals surface area contributed by atoms with E-state index < -0.39 is 34.9 Å². The van der Waals surface area contributed by atoms with E-state index in [-0.39, 0.29) is 22.4 Å². The monoisotopic (exact) mass is 304 g/mol. The maximum absolute atomic E-state index is 10.4. The number of hydrogen-bond donors (Lipinski definition) is 6. The van der Waals surface area contributed by atoms with Crippen molar-refractivity contribution in [3.8, 4) is 34.5 Å². The Bertz CT molecular complexity index is 795. The van der Waals surface area contributed by atoms with Gasteiger partial charge in [-0.05, 0) is 18.2 Å². The predicted molar refractivity (Wildman–Crippen MR) is 74.8 cm³/mol. The predicted octanol–water partition coefficient (Wildman–Crippen LogP) is 1.68. The van der Waals surface area contributed by atoms with Gasteiger partial charge in [0.15, 0.2) is 23.0 Å². The highest BCUT2D eigenvalue weighted by molar-refractivity contribution is 5.79. The number of hydrogen-bond acceptors (Lipinski definition) is 7. The number of fused-ring (bicyclic) bond motifs is 1. The van der Waals surface area contributed by atoms with Gasteiger partial charge in [0, 0.05) is 22.8 Å². The Hall–Kier alpha value is -3.06. The lowest BCUT2D eigenvalue weighted by atomic mass is 9.93. The standard InChI is InChI=1S/C15H12O7/c16-9-2-1-6(14(20)15(9)21)8-5-22-12-4-11(18)10(17)3-7(12)13(8)19/h1-5,13,16-21H. The molecule has 2 aromatic carbocycles. The Labute approximate surface area is 124 Å². The summed E-state index contributed by atoms with van der Waals surface area (Å²) in [6.07, 6.45) is -0.125. The zero-order valence-corrected chi connectivity index (χ0v) is 11.1. The van der Waals surface area contributed by atoms with Gasteiger partial charge in [-0.15, -0.1) is 0 Å². The molecule has 0 aromatic heterocycles. The molecule has 3 rings (SSSR count). The molecular formula is C15H12O7. The van der Waals surface area contributed by atoms with Crippen LogP contribution in [0.15, 0.2) is 30.5 Å². The molecule has 1 atom stereocenters. The third kappa shape index (κ3) is 1.95. The summed E-state index contributed by atoms with van der Waals surface area (Å²) in [7, 11) is 0. The van der Waals surface area contributed by atoms with Crippen molar-refractivity contribution in [1.82, 2.24) is 0 Å². The van der Waals surface area contributed by atoms with Crippen LogP contribution in [0.3, 0.4) is 0 Å². The van der Waals surface area contributed by atoms with Crippen LogP contribution < -0.4 is 4.74 Å². The van der Waals surface area contributed by atoms with Crippen LogP contribution in [0.1, 0.15) is 17.2 Å². The van der Waals surface area contributed by atoms with Gasteiger partial charge in [-0.3, -0.25) is 0 Å². The van der Waals surface area contributed by atoms with Crippen LogP contribution in [-0.4, -0.2) is 30.6 Å². The summed E-state index contributed by atoms with van der Waals surface area (Å²) >= 11 is 0. The summed E-state index contributed by atoms with van der Waals surface area (Å²) in [6.45, 7) is 0. The van der Waals surface area contributed by atoms with E-state index in [2.05, 4.69) is 0 Å². The van der Waals surface area contributed by atoms with Crippen LogP contribution in [0.4, 0.5) is 0 Å². The van der Waals surface area contributed by atoms with Crippen molar-refractivity contribution in [3.63, 3.8) is 0 Å². The Morgan fingerprint density at radius 2 is 1.50 bits per heavy atom. The highest BCUT2D eigenvalue weighted by Gasteiger charge is 2.28. The molecule has 0 amide bonds. The average Bonchev–Trinajstić information content (AvgIpc) is 2.49. The number of phenolic OH excluding ortho intramolecular Hbond substituents is 5. The Balaban J connectivity index is 2.10. The molecule has 1 aliphatic heterocycles. The molecule has 1 unspecified atom stereocenters. The smallest absolute Gasteiger partial charge is 0.200 e. The second-order valence-corrected chi connectivity index (χ2v) is 4.80. The molecule has 22 heavy (non-hydrogen) atoms. The second kappa shape index (κ2) is 4.74. The molecule has 6 N–H and O–H groups in total. The fraction of sp³-hybridized carbons (Fsp3) is 0.0667. The zero-order valence-electron chi connectivity index (χ0n) is 11.1. The summed E-state index contributed by atoms with van der Waals surface area (Å²) in [5.74, 6) is -2.51. The van der Waals surface area contributed by atoms with Gasteiger partial charge in [0.2, 0.25) is 5.75 Å². The number of phenols is 5. The van der Waals surface area contributed by atoms with Gasteiger partial charge in [-0.25, -0.2) is 0 Å². The fourth-order valence-corrected chi connectivity index (χ4v) is 2.26. The molecule has 0 aliphatic carbocycles. The van der Waals surface area contributed by atoms with Crippen LogP contribution in [0.2, 0.25) is 0 Å². The number of aliphatic hydroxyl groups excluding tert-OH is 1. The van der Waals surface area contributed by atoms with E-state index in [1.165, 1.54) is 6.07 Å². The molecule has 0 spiro atoms. The van der Waals surface area contributed by atoms with Crippen molar-refractivity contribution in [2.45, 2.75) is 6.10 Å². The van der Waals surface area contributed by atoms with Crippen molar-refractivity contribution in [2.24, 2.45) is 0 Å². The number of aromatic hydroxyl groups is 5. The molecule has 0 saturated heterocycles. The highest BCUT2D eigenvalue weighted by atomic mass is 16.5. The highest BCUT2D eigenvalue weighted by Crippen LogP contribution is 2.48. The molecule has 7 heteroatoms. The molecule has 114 valence electrons. The quantitative estimate of drug-likeness (QED) is 0.442. The molecule has 0 fully saturated rings. The summed E-state index contributed by atoms with van der Waals surface area (Å²) in [5.41, 5.74) is 0.353. The van der Waals surface area contributed by atoms with Crippen molar-refractivity contribution in [1.29, 1.82) is 0 Å². The van der Waals surface area contributed by atoms with Crippen LogP contribution in [0.25, 0.3) is 5.57 Å². The Morgan fingerprint density at radius 3 is 2.23 bits per heavy atom. The largest absolute Gasteiger partial charge is 0.504 e. The lowest BCUT2D eigenvalue weighted by molar-refractivity contribution is 0.222. The van der Waals surface area contributed by atoms with E-state index in [1.54, 1.807) is 0 Å². The Kier molecular flexibility index (Phi) is 3.00. The first-order chi connectivity index (χ1) is 10.4. The van der Waals surface area contributed by atoms with Gasteiger partial charge in [-0.1, -0.05) is 0 Å². The SMILES string of the molecule is Oc1cc2c(cc1O)C(O)C(c1ccc(O)c(O)c1O)=CO2. The third-order valence-electron chi connectivity index (χ3n) is 3.45. The first kappa shape index (κ1) is 13.9. The summed E-state index contributed by atoms with van der Waals surface area (Å²) in [4.78, 5) is 0. The van der Waals surface area contributed by atoms with Crippen LogP contribution >= 0.6 is 0 Å². The summed E-state index contributed by atoms with van der Waals surface area (Å²) in [6, 6.07) is 4.74. The van der Waals surface area contributed by atoms with Crippen LogP contribution in [-0.2, 0) is 0 Å².